The van der Waals surface area contributed by atoms with Crippen LogP contribution in [0.3, 0.4) is 0 Å². The van der Waals surface area contributed by atoms with Crippen molar-refractivity contribution in [2.24, 2.45) is 0 Å². The zero-order chi connectivity index (χ0) is 26.1. The van der Waals surface area contributed by atoms with Gasteiger partial charge in [-0.1, -0.05) is 35.9 Å². The highest BCUT2D eigenvalue weighted by Gasteiger charge is 2.17. The van der Waals surface area contributed by atoms with Gasteiger partial charge in [0.1, 0.15) is 11.2 Å². The van der Waals surface area contributed by atoms with Crippen molar-refractivity contribution in [1.82, 2.24) is 15.0 Å². The number of non-ortho nitro benzene ring substituents is 1. The fourth-order valence-electron chi connectivity index (χ4n) is 3.90. The highest BCUT2D eigenvalue weighted by Crippen LogP contribution is 2.27. The summed E-state index contributed by atoms with van der Waals surface area (Å²) in [6, 6.07) is 20.0. The molecule has 184 valence electrons. The van der Waals surface area contributed by atoms with Crippen LogP contribution < -0.4 is 16.2 Å². The maximum atomic E-state index is 12.9. The Labute approximate surface area is 214 Å². The van der Waals surface area contributed by atoms with Gasteiger partial charge in [-0.25, -0.2) is 4.98 Å². The van der Waals surface area contributed by atoms with Gasteiger partial charge in [-0.05, 0) is 49.4 Å². The molecule has 0 aliphatic rings. The van der Waals surface area contributed by atoms with Crippen molar-refractivity contribution in [1.29, 1.82) is 0 Å². The van der Waals surface area contributed by atoms with Crippen LogP contribution in [0.2, 0.25) is 5.02 Å². The lowest BCUT2D eigenvalue weighted by molar-refractivity contribution is -0.383. The second-order valence-corrected chi connectivity index (χ2v) is 8.67. The Morgan fingerprint density at radius 1 is 1.00 bits per heavy atom. The molecule has 2 heterocycles. The molecule has 0 unspecified atom stereocenters. The van der Waals surface area contributed by atoms with Crippen LogP contribution in [0.4, 0.5) is 23.0 Å². The maximum absolute atomic E-state index is 12.9. The first-order valence-corrected chi connectivity index (χ1v) is 11.5. The summed E-state index contributed by atoms with van der Waals surface area (Å²) in [7, 11) is 0. The molecule has 11 heteroatoms. The molecule has 1 amide bonds. The van der Waals surface area contributed by atoms with E-state index < -0.39 is 10.8 Å². The summed E-state index contributed by atoms with van der Waals surface area (Å²) in [5.41, 5.74) is 2.66. The molecule has 0 radical (unpaired) electrons. The van der Waals surface area contributed by atoms with E-state index in [1.54, 1.807) is 73.7 Å². The van der Waals surface area contributed by atoms with Crippen molar-refractivity contribution < 1.29 is 9.72 Å². The second-order valence-electron chi connectivity index (χ2n) is 8.24. The van der Waals surface area contributed by atoms with E-state index in [1.165, 1.54) is 6.07 Å². The lowest BCUT2D eigenvalue weighted by Crippen LogP contribution is -2.15. The quantitative estimate of drug-likeness (QED) is 0.167. The second kappa shape index (κ2) is 9.59. The van der Waals surface area contributed by atoms with Crippen molar-refractivity contribution in [3.8, 4) is 11.3 Å². The Hall–Kier alpha value is -4.96. The topological polar surface area (TPSA) is 146 Å². The van der Waals surface area contributed by atoms with Crippen molar-refractivity contribution >= 4 is 51.4 Å². The third kappa shape index (κ3) is 4.91. The molecule has 5 rings (SSSR count). The molecule has 0 bridgehead atoms. The molecule has 0 atom stereocenters. The van der Waals surface area contributed by atoms with E-state index in [0.717, 1.165) is 0 Å². The monoisotopic (exact) mass is 514 g/mol. The summed E-state index contributed by atoms with van der Waals surface area (Å²) in [5.74, 6) is -0.217. The fourth-order valence-corrected chi connectivity index (χ4v) is 4.03. The average Bonchev–Trinajstić information content (AvgIpc) is 3.32. The number of benzene rings is 3. The normalized spacial score (nSPS) is 10.9. The van der Waals surface area contributed by atoms with Crippen LogP contribution in [-0.2, 0) is 0 Å². The number of nitro groups is 1. The molecular weight excluding hydrogens is 496 g/mol. The summed E-state index contributed by atoms with van der Waals surface area (Å²) < 4.78 is 0. The zero-order valence-electron chi connectivity index (χ0n) is 19.3. The number of nitrogens with one attached hydrogen (secondary N) is 4. The number of H-pyrrole nitrogens is 2. The zero-order valence-corrected chi connectivity index (χ0v) is 20.1. The minimum atomic E-state index is -0.503. The van der Waals surface area contributed by atoms with E-state index in [2.05, 4.69) is 25.6 Å². The van der Waals surface area contributed by atoms with E-state index in [4.69, 9.17) is 11.6 Å². The first kappa shape index (κ1) is 23.8. The van der Waals surface area contributed by atoms with Crippen molar-refractivity contribution in [2.45, 2.75) is 6.92 Å². The number of amides is 1. The molecule has 4 N–H and O–H groups in total. The van der Waals surface area contributed by atoms with Crippen LogP contribution in [0.25, 0.3) is 22.2 Å². The number of hydrogen-bond donors (Lipinski definition) is 4. The number of fused-ring (bicyclic) bond motifs is 1. The number of hydrogen-bond acceptors (Lipinski definition) is 6. The van der Waals surface area contributed by atoms with Gasteiger partial charge in [0.15, 0.2) is 0 Å². The smallest absolute Gasteiger partial charge is 0.293 e. The Morgan fingerprint density at radius 3 is 2.51 bits per heavy atom. The molecule has 0 fully saturated rings. The third-order valence-electron chi connectivity index (χ3n) is 5.73. The molecule has 0 aliphatic carbocycles. The SMILES string of the molecule is Cc1c(-c2cccc(NC(=O)c3cc4cccc([N+](=O)[O-])c4[nH]3)c2)nc(Nc2ccc(Cl)cc2)[nH]c1=O. The number of anilines is 3. The summed E-state index contributed by atoms with van der Waals surface area (Å²) in [5, 5.41) is 18.3. The van der Waals surface area contributed by atoms with E-state index in [0.29, 0.717) is 38.6 Å². The van der Waals surface area contributed by atoms with Crippen LogP contribution in [-0.4, -0.2) is 25.8 Å². The first-order valence-electron chi connectivity index (χ1n) is 11.1. The van der Waals surface area contributed by atoms with Gasteiger partial charge in [-0.2, -0.15) is 0 Å². The van der Waals surface area contributed by atoms with Gasteiger partial charge >= 0.3 is 0 Å². The van der Waals surface area contributed by atoms with Gasteiger partial charge in [0.2, 0.25) is 5.95 Å². The summed E-state index contributed by atoms with van der Waals surface area (Å²) in [6.07, 6.45) is 0. The summed E-state index contributed by atoms with van der Waals surface area (Å²) in [6.45, 7) is 1.66. The van der Waals surface area contributed by atoms with Crippen molar-refractivity contribution in [3.63, 3.8) is 0 Å². The molecular formula is C26H19ClN6O4. The number of halogens is 1. The van der Waals surface area contributed by atoms with Gasteiger partial charge in [0.25, 0.3) is 17.2 Å². The maximum Gasteiger partial charge on any atom is 0.293 e. The number of aromatic nitrogens is 3. The third-order valence-corrected chi connectivity index (χ3v) is 5.98. The van der Waals surface area contributed by atoms with Gasteiger partial charge in [0.05, 0.1) is 10.6 Å². The number of carbonyl (C=O) groups is 1. The molecule has 0 spiro atoms. The molecule has 5 aromatic rings. The highest BCUT2D eigenvalue weighted by atomic mass is 35.5. The molecule has 0 aliphatic heterocycles. The van der Waals surface area contributed by atoms with Crippen LogP contribution in [0.1, 0.15) is 16.1 Å². The van der Waals surface area contributed by atoms with E-state index in [9.17, 15) is 19.7 Å². The number of aromatic amines is 2. The largest absolute Gasteiger partial charge is 0.345 e. The van der Waals surface area contributed by atoms with Crippen LogP contribution in [0.15, 0.2) is 77.6 Å². The van der Waals surface area contributed by atoms with E-state index >= 15 is 0 Å². The first-order chi connectivity index (χ1) is 17.8. The number of para-hydroxylation sites is 1. The Balaban J connectivity index is 1.43. The predicted molar refractivity (Wildman–Crippen MR) is 143 cm³/mol. The molecule has 37 heavy (non-hydrogen) atoms. The summed E-state index contributed by atoms with van der Waals surface area (Å²) in [4.78, 5) is 46.4. The fraction of sp³-hybridized carbons (Fsp3) is 0.0385. The van der Waals surface area contributed by atoms with Gasteiger partial charge in [0, 0.05) is 39.0 Å². The number of nitrogens with zero attached hydrogens (tertiary/aromatic N) is 2. The number of carbonyl (C=O) groups excluding carboxylic acids is 1. The van der Waals surface area contributed by atoms with E-state index in [-0.39, 0.29) is 28.4 Å². The molecule has 0 saturated carbocycles. The highest BCUT2D eigenvalue weighted by molar-refractivity contribution is 6.30. The van der Waals surface area contributed by atoms with Crippen LogP contribution >= 0.6 is 11.6 Å². The molecule has 10 nitrogen and oxygen atoms in total. The van der Waals surface area contributed by atoms with Crippen molar-refractivity contribution in [2.75, 3.05) is 10.6 Å². The Bertz CT molecular complexity index is 1730. The van der Waals surface area contributed by atoms with E-state index in [1.807, 2.05) is 0 Å². The van der Waals surface area contributed by atoms with Crippen LogP contribution in [0, 0.1) is 17.0 Å². The van der Waals surface area contributed by atoms with Gasteiger partial charge < -0.3 is 15.6 Å². The Morgan fingerprint density at radius 2 is 1.76 bits per heavy atom. The average molecular weight is 515 g/mol. The summed E-state index contributed by atoms with van der Waals surface area (Å²) >= 11 is 5.94. The van der Waals surface area contributed by atoms with Gasteiger partial charge in [-0.15, -0.1) is 0 Å². The number of rotatable bonds is 6. The molecule has 0 saturated heterocycles. The minimum Gasteiger partial charge on any atom is -0.345 e. The van der Waals surface area contributed by atoms with Crippen LogP contribution in [0.5, 0.6) is 0 Å². The lowest BCUT2D eigenvalue weighted by Gasteiger charge is -2.11. The standard InChI is InChI=1S/C26H19ClN6O4/c1-14-22(31-26(32-24(14)34)29-18-10-8-17(27)9-11-18)15-4-2-6-19(12-15)28-25(35)20-13-16-5-3-7-21(33(36)37)23(16)30-20/h2-13,30H,1H3,(H,28,35)(H2,29,31,32,34). The molecule has 2 aromatic heterocycles. The Kier molecular flexibility index (Phi) is 6.16. The van der Waals surface area contributed by atoms with Gasteiger partial charge in [-0.3, -0.25) is 24.7 Å². The predicted octanol–water partition coefficient (Wildman–Crippen LogP) is 5.78. The lowest BCUT2D eigenvalue weighted by atomic mass is 10.1. The van der Waals surface area contributed by atoms with Crippen molar-refractivity contribution in [3.05, 3.63) is 110 Å². The number of nitro benzene ring substituents is 1. The minimum absolute atomic E-state index is 0.114. The molecule has 3 aromatic carbocycles.